The third-order valence-corrected chi connectivity index (χ3v) is 7.49. The first-order valence-corrected chi connectivity index (χ1v) is 14.5. The second-order valence-corrected chi connectivity index (χ2v) is 11.0. The Morgan fingerprint density at radius 2 is 1.71 bits per heavy atom. The lowest BCUT2D eigenvalue weighted by atomic mass is 9.96. The third kappa shape index (κ3) is 6.20. The Morgan fingerprint density at radius 3 is 2.48 bits per heavy atom. The van der Waals surface area contributed by atoms with Gasteiger partial charge in [-0.15, -0.1) is 0 Å². The maximum Gasteiger partial charge on any atom is 0.282 e. The lowest BCUT2D eigenvalue weighted by Crippen LogP contribution is -2.21. The number of hydrogen-bond acceptors (Lipinski definition) is 5. The zero-order valence-electron chi connectivity index (χ0n) is 23.9. The van der Waals surface area contributed by atoms with Gasteiger partial charge >= 0.3 is 0 Å². The van der Waals surface area contributed by atoms with Crippen LogP contribution in [0.15, 0.2) is 88.8 Å². The predicted octanol–water partition coefficient (Wildman–Crippen LogP) is 8.66. The Labute approximate surface area is 255 Å². The normalized spacial score (nSPS) is 11.5. The van der Waals surface area contributed by atoms with E-state index in [0.717, 1.165) is 28.0 Å². The van der Waals surface area contributed by atoms with Crippen molar-refractivity contribution in [2.45, 2.75) is 40.2 Å². The fourth-order valence-corrected chi connectivity index (χ4v) is 5.17. The van der Waals surface area contributed by atoms with Gasteiger partial charge in [-0.1, -0.05) is 67.4 Å². The van der Waals surface area contributed by atoms with Gasteiger partial charge in [0.15, 0.2) is 5.82 Å². The van der Waals surface area contributed by atoms with E-state index in [4.69, 9.17) is 37.7 Å². The number of hydrogen-bond donors (Lipinski definition) is 0. The second kappa shape index (κ2) is 12.8. The van der Waals surface area contributed by atoms with Crippen molar-refractivity contribution in [1.82, 2.24) is 9.66 Å². The van der Waals surface area contributed by atoms with E-state index < -0.39 is 0 Å². The van der Waals surface area contributed by atoms with Gasteiger partial charge in [0.05, 0.1) is 23.7 Å². The minimum Gasteiger partial charge on any atom is -0.494 e. The molecular weight excluding hydrogens is 569 g/mol. The molecule has 0 amide bonds. The van der Waals surface area contributed by atoms with Gasteiger partial charge in [0.1, 0.15) is 18.1 Å². The summed E-state index contributed by atoms with van der Waals surface area (Å²) < 4.78 is 13.4. The van der Waals surface area contributed by atoms with Gasteiger partial charge < -0.3 is 9.47 Å². The van der Waals surface area contributed by atoms with Crippen LogP contribution in [0.4, 0.5) is 0 Å². The summed E-state index contributed by atoms with van der Waals surface area (Å²) in [4.78, 5) is 18.8. The Morgan fingerprint density at radius 1 is 0.952 bits per heavy atom. The van der Waals surface area contributed by atoms with Crippen molar-refractivity contribution in [3.8, 4) is 22.9 Å². The Hall–Kier alpha value is -4.13. The molecule has 0 bridgehead atoms. The van der Waals surface area contributed by atoms with Crippen LogP contribution in [0.5, 0.6) is 11.5 Å². The van der Waals surface area contributed by atoms with Crippen LogP contribution in [0.25, 0.3) is 22.3 Å². The van der Waals surface area contributed by atoms with Crippen molar-refractivity contribution in [2.24, 2.45) is 5.10 Å². The minimum atomic E-state index is -0.266. The van der Waals surface area contributed by atoms with E-state index in [-0.39, 0.29) is 18.1 Å². The number of fused-ring (bicyclic) bond motifs is 1. The van der Waals surface area contributed by atoms with Gasteiger partial charge in [-0.05, 0) is 79.4 Å². The molecule has 0 aliphatic rings. The lowest BCUT2D eigenvalue weighted by molar-refractivity contribution is 0.306. The molecule has 1 heterocycles. The molecule has 0 radical (unpaired) electrons. The molecule has 1 aromatic heterocycles. The molecule has 0 aliphatic heterocycles. The molecule has 214 valence electrons. The van der Waals surface area contributed by atoms with Crippen LogP contribution in [-0.4, -0.2) is 22.5 Å². The van der Waals surface area contributed by atoms with Crippen LogP contribution in [0, 0.1) is 6.92 Å². The largest absolute Gasteiger partial charge is 0.494 e. The van der Waals surface area contributed by atoms with E-state index in [1.54, 1.807) is 24.4 Å². The number of para-hydroxylation sites is 2. The van der Waals surface area contributed by atoms with Crippen LogP contribution in [0.2, 0.25) is 10.0 Å². The fourth-order valence-electron chi connectivity index (χ4n) is 4.71. The summed E-state index contributed by atoms with van der Waals surface area (Å²) in [7, 11) is 0. The van der Waals surface area contributed by atoms with Crippen molar-refractivity contribution in [3.05, 3.63) is 122 Å². The molecule has 0 unspecified atom stereocenters. The highest BCUT2D eigenvalue weighted by Crippen LogP contribution is 2.34. The standard InChI is InChI=1S/C34H31Cl2N3O3/c1-5-41-32-16-22(4)28(18-27(32)21(2)3)33-38-30-12-8-7-11-26(30)34(40)39(33)37-19-23-10-6-9-13-31(23)42-20-24-14-15-25(35)17-29(24)36/h6-19,21H,5,20H2,1-4H3. The Bertz CT molecular complexity index is 1850. The molecule has 5 aromatic rings. The molecule has 0 saturated carbocycles. The molecule has 5 rings (SSSR count). The van der Waals surface area contributed by atoms with E-state index in [2.05, 4.69) is 25.0 Å². The molecule has 42 heavy (non-hydrogen) atoms. The molecule has 0 spiro atoms. The Kier molecular flexibility index (Phi) is 8.95. The maximum absolute atomic E-state index is 13.8. The maximum atomic E-state index is 13.8. The summed E-state index contributed by atoms with van der Waals surface area (Å²) in [5, 5.41) is 6.25. The number of aromatic nitrogens is 2. The van der Waals surface area contributed by atoms with E-state index in [0.29, 0.717) is 44.7 Å². The first kappa shape index (κ1) is 29.4. The number of nitrogens with zero attached hydrogens (tertiary/aromatic N) is 3. The van der Waals surface area contributed by atoms with Crippen LogP contribution in [0.3, 0.4) is 0 Å². The SMILES string of the molecule is CCOc1cc(C)c(-c2nc3ccccc3c(=O)n2N=Cc2ccccc2OCc2ccc(Cl)cc2Cl)cc1C(C)C. The average molecular weight is 601 g/mol. The summed E-state index contributed by atoms with van der Waals surface area (Å²) >= 11 is 12.4. The van der Waals surface area contributed by atoms with Crippen molar-refractivity contribution in [1.29, 1.82) is 0 Å². The fraction of sp³-hybridized carbons (Fsp3) is 0.206. The zero-order chi connectivity index (χ0) is 29.8. The quantitative estimate of drug-likeness (QED) is 0.159. The highest BCUT2D eigenvalue weighted by molar-refractivity contribution is 6.35. The first-order valence-electron chi connectivity index (χ1n) is 13.8. The van der Waals surface area contributed by atoms with Gasteiger partial charge in [0.25, 0.3) is 5.56 Å². The smallest absolute Gasteiger partial charge is 0.282 e. The topological polar surface area (TPSA) is 65.7 Å². The second-order valence-electron chi connectivity index (χ2n) is 10.2. The third-order valence-electron chi connectivity index (χ3n) is 6.90. The summed E-state index contributed by atoms with van der Waals surface area (Å²) in [5.41, 5.74) is 4.61. The Balaban J connectivity index is 1.60. The van der Waals surface area contributed by atoms with E-state index in [9.17, 15) is 4.79 Å². The van der Waals surface area contributed by atoms with Crippen LogP contribution in [0.1, 0.15) is 48.9 Å². The molecule has 4 aromatic carbocycles. The number of halogens is 2. The molecule has 0 atom stereocenters. The summed E-state index contributed by atoms with van der Waals surface area (Å²) in [5.74, 6) is 2.07. The molecule has 8 heteroatoms. The minimum absolute atomic E-state index is 0.202. The first-order chi connectivity index (χ1) is 20.3. The lowest BCUT2D eigenvalue weighted by Gasteiger charge is -2.18. The van der Waals surface area contributed by atoms with Gasteiger partial charge in [-0.2, -0.15) is 9.78 Å². The summed E-state index contributed by atoms with van der Waals surface area (Å²) in [6.45, 7) is 8.99. The molecule has 0 N–H and O–H groups in total. The molecule has 0 fully saturated rings. The van der Waals surface area contributed by atoms with Crippen molar-refractivity contribution >= 4 is 40.3 Å². The number of rotatable bonds is 9. The molecule has 0 saturated heterocycles. The van der Waals surface area contributed by atoms with Crippen molar-refractivity contribution < 1.29 is 9.47 Å². The molecule has 0 aliphatic carbocycles. The van der Waals surface area contributed by atoms with Crippen LogP contribution in [-0.2, 0) is 6.61 Å². The van der Waals surface area contributed by atoms with Gasteiger partial charge in [0, 0.05) is 26.7 Å². The van der Waals surface area contributed by atoms with Crippen molar-refractivity contribution in [2.75, 3.05) is 6.61 Å². The van der Waals surface area contributed by atoms with Crippen LogP contribution < -0.4 is 15.0 Å². The van der Waals surface area contributed by atoms with E-state index >= 15 is 0 Å². The van der Waals surface area contributed by atoms with Gasteiger partial charge in [-0.25, -0.2) is 4.98 Å². The van der Waals surface area contributed by atoms with Gasteiger partial charge in [-0.3, -0.25) is 4.79 Å². The van der Waals surface area contributed by atoms with E-state index in [1.807, 2.05) is 68.4 Å². The zero-order valence-corrected chi connectivity index (χ0v) is 25.4. The van der Waals surface area contributed by atoms with Crippen LogP contribution >= 0.6 is 23.2 Å². The van der Waals surface area contributed by atoms with E-state index in [1.165, 1.54) is 4.68 Å². The summed E-state index contributed by atoms with van der Waals surface area (Å²) in [6.07, 6.45) is 1.62. The molecule has 6 nitrogen and oxygen atoms in total. The summed E-state index contributed by atoms with van der Waals surface area (Å²) in [6, 6.07) is 24.1. The van der Waals surface area contributed by atoms with Gasteiger partial charge in [0.2, 0.25) is 0 Å². The highest BCUT2D eigenvalue weighted by Gasteiger charge is 2.18. The van der Waals surface area contributed by atoms with Crippen molar-refractivity contribution in [3.63, 3.8) is 0 Å². The monoisotopic (exact) mass is 599 g/mol. The predicted molar refractivity (Wildman–Crippen MR) is 172 cm³/mol. The highest BCUT2D eigenvalue weighted by atomic mass is 35.5. The number of benzene rings is 4. The molecular formula is C34H31Cl2N3O3. The number of aryl methyl sites for hydroxylation is 1. The number of ether oxygens (including phenoxy) is 2. The average Bonchev–Trinajstić information content (AvgIpc) is 2.97.